The third-order valence-corrected chi connectivity index (χ3v) is 3.58. The Hall–Kier alpha value is -1.92. The van der Waals surface area contributed by atoms with E-state index in [0.717, 1.165) is 12.8 Å². The van der Waals surface area contributed by atoms with Gasteiger partial charge in [0.1, 0.15) is 6.10 Å². The van der Waals surface area contributed by atoms with Crippen molar-refractivity contribution < 1.29 is 14.3 Å². The number of carbonyl (C=O) groups is 2. The monoisotopic (exact) mass is 305 g/mol. The van der Waals surface area contributed by atoms with Crippen LogP contribution in [0.2, 0.25) is 0 Å². The van der Waals surface area contributed by atoms with Crippen molar-refractivity contribution in [2.24, 2.45) is 5.73 Å². The molecule has 1 aromatic carbocycles. The van der Waals surface area contributed by atoms with Crippen LogP contribution < -0.4 is 16.4 Å². The largest absolute Gasteiger partial charge is 0.368 e. The lowest BCUT2D eigenvalue weighted by Crippen LogP contribution is -2.48. The topological polar surface area (TPSA) is 93.5 Å². The Morgan fingerprint density at radius 2 is 2.18 bits per heavy atom. The van der Waals surface area contributed by atoms with E-state index in [9.17, 15) is 9.59 Å². The van der Waals surface area contributed by atoms with Crippen LogP contribution in [0.15, 0.2) is 24.3 Å². The molecular weight excluding hydrogens is 282 g/mol. The van der Waals surface area contributed by atoms with Crippen molar-refractivity contribution >= 4 is 17.5 Å². The van der Waals surface area contributed by atoms with Crippen LogP contribution >= 0.6 is 0 Å². The molecule has 0 radical (unpaired) electrons. The van der Waals surface area contributed by atoms with Crippen LogP contribution in [0.5, 0.6) is 0 Å². The zero-order valence-electron chi connectivity index (χ0n) is 13.0. The van der Waals surface area contributed by atoms with E-state index in [1.807, 2.05) is 13.8 Å². The molecule has 120 valence electrons. The Morgan fingerprint density at radius 3 is 2.82 bits per heavy atom. The average molecular weight is 305 g/mol. The first-order chi connectivity index (χ1) is 10.4. The molecule has 0 spiro atoms. The molecule has 0 bridgehead atoms. The van der Waals surface area contributed by atoms with Gasteiger partial charge in [0.05, 0.1) is 0 Å². The van der Waals surface area contributed by atoms with Gasteiger partial charge in [0.25, 0.3) is 11.8 Å². The summed E-state index contributed by atoms with van der Waals surface area (Å²) < 4.78 is 5.34. The molecule has 0 aliphatic carbocycles. The second kappa shape index (κ2) is 6.89. The number of rotatable bonds is 5. The summed E-state index contributed by atoms with van der Waals surface area (Å²) >= 11 is 0. The smallest absolute Gasteiger partial charge is 0.253 e. The minimum Gasteiger partial charge on any atom is -0.368 e. The van der Waals surface area contributed by atoms with E-state index in [-0.39, 0.29) is 11.8 Å². The van der Waals surface area contributed by atoms with Crippen molar-refractivity contribution in [2.75, 3.05) is 18.5 Å². The number of hydrogen-bond acceptors (Lipinski definition) is 4. The normalized spacial score (nSPS) is 18.0. The van der Waals surface area contributed by atoms with Gasteiger partial charge in [-0.25, -0.2) is 0 Å². The third kappa shape index (κ3) is 4.29. The lowest BCUT2D eigenvalue weighted by molar-refractivity contribution is -0.124. The van der Waals surface area contributed by atoms with Crippen molar-refractivity contribution in [2.45, 2.75) is 38.3 Å². The summed E-state index contributed by atoms with van der Waals surface area (Å²) in [6, 6.07) is 6.83. The number of hydrogen-bond donors (Lipinski definition) is 3. The van der Waals surface area contributed by atoms with Gasteiger partial charge >= 0.3 is 0 Å². The molecule has 0 saturated carbocycles. The summed E-state index contributed by atoms with van der Waals surface area (Å²) in [6.45, 7) is 4.67. The molecule has 1 unspecified atom stereocenters. The van der Waals surface area contributed by atoms with Gasteiger partial charge in [-0.1, -0.05) is 6.07 Å². The van der Waals surface area contributed by atoms with Crippen molar-refractivity contribution in [3.05, 3.63) is 29.8 Å². The van der Waals surface area contributed by atoms with Crippen LogP contribution in [-0.2, 0) is 9.53 Å². The highest BCUT2D eigenvalue weighted by molar-refractivity contribution is 5.98. The van der Waals surface area contributed by atoms with Crippen molar-refractivity contribution in [1.29, 1.82) is 0 Å². The lowest BCUT2D eigenvalue weighted by Gasteiger charge is -2.24. The van der Waals surface area contributed by atoms with Gasteiger partial charge < -0.3 is 21.1 Å². The third-order valence-electron chi connectivity index (χ3n) is 3.58. The van der Waals surface area contributed by atoms with Gasteiger partial charge in [0.15, 0.2) is 0 Å². The number of carbonyl (C=O) groups excluding carboxylic acids is 2. The van der Waals surface area contributed by atoms with Crippen LogP contribution in [0.3, 0.4) is 0 Å². The Kier molecular flexibility index (Phi) is 5.15. The van der Waals surface area contributed by atoms with Gasteiger partial charge in [-0.3, -0.25) is 9.59 Å². The Morgan fingerprint density at radius 1 is 1.41 bits per heavy atom. The van der Waals surface area contributed by atoms with Gasteiger partial charge in [-0.05, 0) is 44.9 Å². The summed E-state index contributed by atoms with van der Waals surface area (Å²) in [4.78, 5) is 24.2. The lowest BCUT2D eigenvalue weighted by atomic mass is 10.0. The summed E-state index contributed by atoms with van der Waals surface area (Å²) in [7, 11) is 0. The summed E-state index contributed by atoms with van der Waals surface area (Å²) in [5.41, 5.74) is 6.20. The predicted molar refractivity (Wildman–Crippen MR) is 84.6 cm³/mol. The fraction of sp³-hybridized carbons (Fsp3) is 0.500. The maximum absolute atomic E-state index is 12.2. The van der Waals surface area contributed by atoms with E-state index in [4.69, 9.17) is 10.5 Å². The summed E-state index contributed by atoms with van der Waals surface area (Å²) in [5, 5.41) is 5.64. The van der Waals surface area contributed by atoms with E-state index >= 15 is 0 Å². The average Bonchev–Trinajstić information content (AvgIpc) is 3.01. The minimum absolute atomic E-state index is 0.169. The minimum atomic E-state index is -0.478. The Bertz CT molecular complexity index is 551. The van der Waals surface area contributed by atoms with Crippen LogP contribution in [0.25, 0.3) is 0 Å². The SMILES string of the molecule is CC(C)(CN)NC(=O)c1cccc(NC(=O)C2CCCO2)c1. The molecule has 0 aromatic heterocycles. The molecule has 1 aliphatic rings. The maximum atomic E-state index is 12.2. The molecular formula is C16H23N3O3. The summed E-state index contributed by atoms with van der Waals surface area (Å²) in [6.07, 6.45) is 1.24. The molecule has 6 nitrogen and oxygen atoms in total. The van der Waals surface area contributed by atoms with E-state index in [1.54, 1.807) is 24.3 Å². The van der Waals surface area contributed by atoms with Gasteiger partial charge in [0.2, 0.25) is 0 Å². The van der Waals surface area contributed by atoms with E-state index < -0.39 is 11.6 Å². The van der Waals surface area contributed by atoms with Crippen LogP contribution in [-0.4, -0.2) is 36.6 Å². The summed E-state index contributed by atoms with van der Waals surface area (Å²) in [5.74, 6) is -0.388. The highest BCUT2D eigenvalue weighted by Crippen LogP contribution is 2.16. The van der Waals surface area contributed by atoms with Crippen LogP contribution in [0, 0.1) is 0 Å². The Labute approximate surface area is 130 Å². The maximum Gasteiger partial charge on any atom is 0.253 e. The highest BCUT2D eigenvalue weighted by atomic mass is 16.5. The number of amides is 2. The van der Waals surface area contributed by atoms with Crippen LogP contribution in [0.4, 0.5) is 5.69 Å². The first-order valence-corrected chi connectivity index (χ1v) is 7.46. The molecule has 2 rings (SSSR count). The van der Waals surface area contributed by atoms with Crippen LogP contribution in [0.1, 0.15) is 37.0 Å². The zero-order chi connectivity index (χ0) is 16.2. The second-order valence-corrected chi connectivity index (χ2v) is 6.11. The molecule has 2 amide bonds. The molecule has 1 heterocycles. The number of nitrogens with two attached hydrogens (primary N) is 1. The fourth-order valence-corrected chi connectivity index (χ4v) is 2.18. The van der Waals surface area contributed by atoms with Crippen molar-refractivity contribution in [3.63, 3.8) is 0 Å². The predicted octanol–water partition coefficient (Wildman–Crippen LogP) is 1.27. The van der Waals surface area contributed by atoms with E-state index in [0.29, 0.717) is 24.4 Å². The molecule has 6 heteroatoms. The molecule has 1 fully saturated rings. The van der Waals surface area contributed by atoms with Gasteiger partial charge in [-0.2, -0.15) is 0 Å². The first kappa shape index (κ1) is 16.5. The zero-order valence-corrected chi connectivity index (χ0v) is 13.0. The molecule has 1 aliphatic heterocycles. The van der Waals surface area contributed by atoms with Crippen molar-refractivity contribution in [3.8, 4) is 0 Å². The van der Waals surface area contributed by atoms with Gasteiger partial charge in [0, 0.05) is 29.9 Å². The van der Waals surface area contributed by atoms with Gasteiger partial charge in [-0.15, -0.1) is 0 Å². The first-order valence-electron chi connectivity index (χ1n) is 7.46. The molecule has 1 saturated heterocycles. The molecule has 22 heavy (non-hydrogen) atoms. The van der Waals surface area contributed by atoms with Crippen molar-refractivity contribution in [1.82, 2.24) is 5.32 Å². The fourth-order valence-electron chi connectivity index (χ4n) is 2.18. The molecule has 1 aromatic rings. The number of benzene rings is 1. The highest BCUT2D eigenvalue weighted by Gasteiger charge is 2.24. The standard InChI is InChI=1S/C16H23N3O3/c1-16(2,10-17)19-14(20)11-5-3-6-12(9-11)18-15(21)13-7-4-8-22-13/h3,5-6,9,13H,4,7-8,10,17H2,1-2H3,(H,18,21)(H,19,20). The van der Waals surface area contributed by atoms with E-state index in [2.05, 4.69) is 10.6 Å². The Balaban J connectivity index is 2.03. The van der Waals surface area contributed by atoms with E-state index in [1.165, 1.54) is 0 Å². The molecule has 1 atom stereocenters. The number of ether oxygens (including phenoxy) is 1. The number of nitrogens with one attached hydrogen (secondary N) is 2. The second-order valence-electron chi connectivity index (χ2n) is 6.11. The number of anilines is 1. The molecule has 4 N–H and O–H groups in total. The quantitative estimate of drug-likeness (QED) is 0.763.